The topological polar surface area (TPSA) is 47.4 Å². The number of carbonyl (C=O) groups excluding carboxylic acids is 1. The van der Waals surface area contributed by atoms with Gasteiger partial charge in [-0.15, -0.1) is 0 Å². The van der Waals surface area contributed by atoms with Crippen LogP contribution in [0.5, 0.6) is 0 Å². The molecule has 2 aromatic rings. The number of thioether (sulfide) groups is 1. The number of benzene rings is 1. The fourth-order valence-electron chi connectivity index (χ4n) is 2.45. The van der Waals surface area contributed by atoms with Crippen molar-refractivity contribution >= 4 is 17.7 Å². The monoisotopic (exact) mass is 317 g/mol. The Kier molecular flexibility index (Phi) is 4.80. The van der Waals surface area contributed by atoms with Crippen molar-refractivity contribution in [3.05, 3.63) is 48.3 Å². The summed E-state index contributed by atoms with van der Waals surface area (Å²) in [6, 6.07) is 10.1. The minimum absolute atomic E-state index is 0.0305. The second kappa shape index (κ2) is 6.98. The first-order chi connectivity index (χ1) is 10.7. The molecular weight excluding hydrogens is 298 g/mol. The quantitative estimate of drug-likeness (QED) is 0.811. The summed E-state index contributed by atoms with van der Waals surface area (Å²) < 4.78 is 7.72. The Labute approximate surface area is 134 Å². The number of amides is 1. The molecule has 1 unspecified atom stereocenters. The first kappa shape index (κ1) is 15.1. The third-order valence-electron chi connectivity index (χ3n) is 3.69. The van der Waals surface area contributed by atoms with Gasteiger partial charge in [-0.25, -0.2) is 4.98 Å². The van der Waals surface area contributed by atoms with Gasteiger partial charge >= 0.3 is 0 Å². The molecule has 0 aliphatic carbocycles. The number of hydrogen-bond acceptors (Lipinski definition) is 4. The Morgan fingerprint density at radius 2 is 2.23 bits per heavy atom. The van der Waals surface area contributed by atoms with Gasteiger partial charge in [0.05, 0.1) is 18.9 Å². The van der Waals surface area contributed by atoms with Gasteiger partial charge in [0.2, 0.25) is 5.91 Å². The highest BCUT2D eigenvalue weighted by Gasteiger charge is 2.25. The first-order valence-corrected chi connectivity index (χ1v) is 8.27. The van der Waals surface area contributed by atoms with Crippen LogP contribution in [0.1, 0.15) is 11.7 Å². The molecule has 1 aliphatic rings. The van der Waals surface area contributed by atoms with Crippen LogP contribution in [0.25, 0.3) is 0 Å². The molecule has 22 heavy (non-hydrogen) atoms. The third-order valence-corrected chi connectivity index (χ3v) is 4.74. The zero-order valence-corrected chi connectivity index (χ0v) is 13.3. The van der Waals surface area contributed by atoms with Crippen molar-refractivity contribution < 1.29 is 9.53 Å². The maximum Gasteiger partial charge on any atom is 0.233 e. The third kappa shape index (κ3) is 3.51. The van der Waals surface area contributed by atoms with Crippen LogP contribution in [0.4, 0.5) is 0 Å². The van der Waals surface area contributed by atoms with Gasteiger partial charge in [-0.1, -0.05) is 42.1 Å². The average molecular weight is 317 g/mol. The molecule has 1 aliphatic heterocycles. The Morgan fingerprint density at radius 1 is 1.41 bits per heavy atom. The highest BCUT2D eigenvalue weighted by molar-refractivity contribution is 7.99. The number of ether oxygens (including phenoxy) is 1. The molecule has 0 N–H and O–H groups in total. The van der Waals surface area contributed by atoms with Gasteiger partial charge in [0.15, 0.2) is 5.16 Å². The summed E-state index contributed by atoms with van der Waals surface area (Å²) >= 11 is 1.47. The summed E-state index contributed by atoms with van der Waals surface area (Å²) in [4.78, 5) is 18.5. The molecule has 0 bridgehead atoms. The summed E-state index contributed by atoms with van der Waals surface area (Å²) in [5.41, 5.74) is 1.12. The summed E-state index contributed by atoms with van der Waals surface area (Å²) in [6.07, 6.45) is 3.59. The maximum absolute atomic E-state index is 12.4. The Morgan fingerprint density at radius 3 is 2.95 bits per heavy atom. The molecule has 5 nitrogen and oxygen atoms in total. The zero-order chi connectivity index (χ0) is 15.4. The number of aromatic nitrogens is 2. The van der Waals surface area contributed by atoms with Gasteiger partial charge in [-0.2, -0.15) is 0 Å². The van der Waals surface area contributed by atoms with Crippen LogP contribution < -0.4 is 0 Å². The molecule has 0 saturated carbocycles. The lowest BCUT2D eigenvalue weighted by atomic mass is 10.1. The van der Waals surface area contributed by atoms with E-state index >= 15 is 0 Å². The van der Waals surface area contributed by atoms with Crippen molar-refractivity contribution in [3.63, 3.8) is 0 Å². The number of rotatable bonds is 4. The molecule has 1 saturated heterocycles. The largest absolute Gasteiger partial charge is 0.370 e. The maximum atomic E-state index is 12.4. The van der Waals surface area contributed by atoms with E-state index in [2.05, 4.69) is 4.98 Å². The van der Waals surface area contributed by atoms with Gasteiger partial charge in [0, 0.05) is 26.0 Å². The number of morpholine rings is 1. The van der Waals surface area contributed by atoms with E-state index in [1.165, 1.54) is 11.8 Å². The smallest absolute Gasteiger partial charge is 0.233 e. The predicted octanol–water partition coefficient (Wildman–Crippen LogP) is 2.11. The molecular formula is C16H19N3O2S. The summed E-state index contributed by atoms with van der Waals surface area (Å²) in [6.45, 7) is 1.85. The standard InChI is InChI=1S/C16H19N3O2S/c1-18-8-7-17-16(18)22-12-15(20)19-9-10-21-14(11-19)13-5-3-2-4-6-13/h2-8,14H,9-12H2,1H3. The van der Waals surface area contributed by atoms with Gasteiger partial charge < -0.3 is 14.2 Å². The number of aryl methyl sites for hydroxylation is 1. The van der Waals surface area contributed by atoms with E-state index in [4.69, 9.17) is 4.74 Å². The van der Waals surface area contributed by atoms with E-state index in [9.17, 15) is 4.79 Å². The van der Waals surface area contributed by atoms with Gasteiger partial charge in [-0.3, -0.25) is 4.79 Å². The van der Waals surface area contributed by atoms with Crippen LogP contribution in [0, 0.1) is 0 Å². The van der Waals surface area contributed by atoms with Gasteiger partial charge in [0.1, 0.15) is 6.10 Å². The lowest BCUT2D eigenvalue weighted by molar-refractivity contribution is -0.136. The van der Waals surface area contributed by atoms with Crippen LogP contribution in [-0.4, -0.2) is 45.8 Å². The second-order valence-electron chi connectivity index (χ2n) is 5.22. The van der Waals surface area contributed by atoms with E-state index in [0.29, 0.717) is 25.4 Å². The van der Waals surface area contributed by atoms with Crippen LogP contribution >= 0.6 is 11.8 Å². The fourth-order valence-corrected chi connectivity index (χ4v) is 3.29. The zero-order valence-electron chi connectivity index (χ0n) is 12.5. The van der Waals surface area contributed by atoms with E-state index in [1.807, 2.05) is 53.0 Å². The molecule has 1 amide bonds. The van der Waals surface area contributed by atoms with Gasteiger partial charge in [-0.05, 0) is 5.56 Å². The van der Waals surface area contributed by atoms with Crippen molar-refractivity contribution in [2.75, 3.05) is 25.4 Å². The number of imidazole rings is 1. The minimum atomic E-state index is -0.0305. The van der Waals surface area contributed by atoms with Crippen molar-refractivity contribution in [2.24, 2.45) is 7.05 Å². The lowest BCUT2D eigenvalue weighted by Gasteiger charge is -2.33. The summed E-state index contributed by atoms with van der Waals surface area (Å²) in [5, 5.41) is 0.862. The normalized spacial score (nSPS) is 18.4. The Bertz CT molecular complexity index is 629. The molecule has 0 radical (unpaired) electrons. The molecule has 116 valence electrons. The predicted molar refractivity (Wildman–Crippen MR) is 85.6 cm³/mol. The lowest BCUT2D eigenvalue weighted by Crippen LogP contribution is -2.43. The summed E-state index contributed by atoms with van der Waals surface area (Å²) in [5.74, 6) is 0.545. The molecule has 1 atom stereocenters. The molecule has 2 heterocycles. The van der Waals surface area contributed by atoms with Crippen LogP contribution in [0.15, 0.2) is 47.9 Å². The van der Waals surface area contributed by atoms with Crippen LogP contribution in [-0.2, 0) is 16.6 Å². The van der Waals surface area contributed by atoms with Crippen molar-refractivity contribution in [3.8, 4) is 0 Å². The Hall–Kier alpha value is -1.79. The van der Waals surface area contributed by atoms with Crippen LogP contribution in [0.2, 0.25) is 0 Å². The number of carbonyl (C=O) groups is 1. The highest BCUT2D eigenvalue weighted by Crippen LogP contribution is 2.23. The molecule has 3 rings (SSSR count). The Balaban J connectivity index is 1.57. The first-order valence-electron chi connectivity index (χ1n) is 7.28. The molecule has 0 spiro atoms. The van der Waals surface area contributed by atoms with Gasteiger partial charge in [0.25, 0.3) is 0 Å². The van der Waals surface area contributed by atoms with Crippen molar-refractivity contribution in [1.82, 2.24) is 14.5 Å². The van der Waals surface area contributed by atoms with Crippen molar-refractivity contribution in [1.29, 1.82) is 0 Å². The fraction of sp³-hybridized carbons (Fsp3) is 0.375. The summed E-state index contributed by atoms with van der Waals surface area (Å²) in [7, 11) is 1.93. The van der Waals surface area contributed by atoms with E-state index in [0.717, 1.165) is 10.7 Å². The van der Waals surface area contributed by atoms with Crippen LogP contribution in [0.3, 0.4) is 0 Å². The molecule has 1 fully saturated rings. The molecule has 1 aromatic carbocycles. The second-order valence-corrected chi connectivity index (χ2v) is 6.16. The van der Waals surface area contributed by atoms with E-state index < -0.39 is 0 Å². The number of hydrogen-bond donors (Lipinski definition) is 0. The SMILES string of the molecule is Cn1ccnc1SCC(=O)N1CCOC(c2ccccc2)C1. The van der Waals surface area contributed by atoms with Crippen molar-refractivity contribution in [2.45, 2.75) is 11.3 Å². The highest BCUT2D eigenvalue weighted by atomic mass is 32.2. The molecule has 1 aromatic heterocycles. The number of nitrogens with zero attached hydrogens (tertiary/aromatic N) is 3. The minimum Gasteiger partial charge on any atom is -0.370 e. The van der Waals surface area contributed by atoms with E-state index in [1.54, 1.807) is 6.20 Å². The molecule has 6 heteroatoms. The van der Waals surface area contributed by atoms with E-state index in [-0.39, 0.29) is 12.0 Å². The average Bonchev–Trinajstić information content (AvgIpc) is 2.99.